The van der Waals surface area contributed by atoms with Crippen LogP contribution in [-0.4, -0.2) is 22.8 Å². The molecular weight excluding hydrogens is 351 g/mol. The summed E-state index contributed by atoms with van der Waals surface area (Å²) in [4.78, 5) is 3.89. The van der Waals surface area contributed by atoms with Gasteiger partial charge in [0.25, 0.3) is 0 Å². The highest BCUT2D eigenvalue weighted by Gasteiger charge is 2.36. The van der Waals surface area contributed by atoms with Gasteiger partial charge in [-0.3, -0.25) is 5.01 Å². The molecule has 6 heteroatoms. The first-order chi connectivity index (χ1) is 12.7. The maximum absolute atomic E-state index is 13.6. The molecule has 142 valence electrons. The topological polar surface area (TPSA) is 28.5 Å². The SMILES string of the molecule is C=CN(CC(=C)c1ccc(Cc2ccc(C)cc2)nc1C(F)(F)F)/N=C\C. The molecule has 0 aliphatic carbocycles. The van der Waals surface area contributed by atoms with Gasteiger partial charge in [0, 0.05) is 30.1 Å². The Morgan fingerprint density at radius 3 is 2.41 bits per heavy atom. The third-order valence-corrected chi connectivity index (χ3v) is 3.94. The van der Waals surface area contributed by atoms with Crippen molar-refractivity contribution < 1.29 is 13.2 Å². The molecule has 0 N–H and O–H groups in total. The van der Waals surface area contributed by atoms with E-state index < -0.39 is 11.9 Å². The summed E-state index contributed by atoms with van der Waals surface area (Å²) in [5.41, 5.74) is 1.66. The van der Waals surface area contributed by atoms with Crippen LogP contribution in [0.5, 0.6) is 0 Å². The van der Waals surface area contributed by atoms with Gasteiger partial charge >= 0.3 is 6.18 Å². The van der Waals surface area contributed by atoms with Gasteiger partial charge in [-0.1, -0.05) is 49.1 Å². The summed E-state index contributed by atoms with van der Waals surface area (Å²) in [5.74, 6) is 0. The van der Waals surface area contributed by atoms with Crippen molar-refractivity contribution in [1.82, 2.24) is 9.99 Å². The summed E-state index contributed by atoms with van der Waals surface area (Å²) in [7, 11) is 0. The maximum atomic E-state index is 13.6. The summed E-state index contributed by atoms with van der Waals surface area (Å²) >= 11 is 0. The molecule has 0 radical (unpaired) electrons. The Bertz CT molecular complexity index is 837. The minimum atomic E-state index is -4.57. The van der Waals surface area contributed by atoms with E-state index in [1.54, 1.807) is 13.0 Å². The predicted octanol–water partition coefficient (Wildman–Crippen LogP) is 5.46. The van der Waals surface area contributed by atoms with Gasteiger partial charge in [-0.05, 0) is 31.1 Å². The van der Waals surface area contributed by atoms with E-state index in [-0.39, 0.29) is 17.7 Å². The molecule has 2 aromatic rings. The van der Waals surface area contributed by atoms with Gasteiger partial charge in [-0.25, -0.2) is 4.98 Å². The Morgan fingerprint density at radius 1 is 1.19 bits per heavy atom. The highest BCUT2D eigenvalue weighted by Crippen LogP contribution is 2.34. The first-order valence-electron chi connectivity index (χ1n) is 8.43. The minimum Gasteiger partial charge on any atom is -0.269 e. The van der Waals surface area contributed by atoms with Crippen LogP contribution in [0.15, 0.2) is 60.9 Å². The Balaban J connectivity index is 2.34. The predicted molar refractivity (Wildman–Crippen MR) is 103 cm³/mol. The molecule has 0 atom stereocenters. The van der Waals surface area contributed by atoms with Gasteiger partial charge in [0.15, 0.2) is 5.69 Å². The number of aromatic nitrogens is 1. The number of aryl methyl sites for hydroxylation is 1. The van der Waals surface area contributed by atoms with Crippen LogP contribution < -0.4 is 0 Å². The summed E-state index contributed by atoms with van der Waals surface area (Å²) in [6, 6.07) is 10.7. The van der Waals surface area contributed by atoms with E-state index in [4.69, 9.17) is 0 Å². The lowest BCUT2D eigenvalue weighted by atomic mass is 10.0. The molecule has 27 heavy (non-hydrogen) atoms. The molecule has 0 fully saturated rings. The molecule has 0 amide bonds. The van der Waals surface area contributed by atoms with E-state index in [0.717, 1.165) is 11.1 Å². The van der Waals surface area contributed by atoms with Crippen molar-refractivity contribution in [3.05, 3.63) is 83.8 Å². The Labute approximate surface area is 157 Å². The molecule has 0 aliphatic heterocycles. The molecule has 3 nitrogen and oxygen atoms in total. The number of hydrogen-bond donors (Lipinski definition) is 0. The maximum Gasteiger partial charge on any atom is 0.433 e. The molecular formula is C21H22F3N3. The Kier molecular flexibility index (Phi) is 6.55. The number of halogens is 3. The molecule has 1 heterocycles. The molecule has 0 saturated heterocycles. The zero-order valence-electron chi connectivity index (χ0n) is 15.4. The minimum absolute atomic E-state index is 0.0340. The average molecular weight is 373 g/mol. The van der Waals surface area contributed by atoms with Gasteiger partial charge < -0.3 is 0 Å². The smallest absolute Gasteiger partial charge is 0.269 e. The summed E-state index contributed by atoms with van der Waals surface area (Å²) in [5, 5.41) is 5.43. The second kappa shape index (κ2) is 8.66. The van der Waals surface area contributed by atoms with Crippen LogP contribution in [0.2, 0.25) is 0 Å². The van der Waals surface area contributed by atoms with Gasteiger partial charge in [0.05, 0.1) is 6.54 Å². The lowest BCUT2D eigenvalue weighted by Gasteiger charge is -2.19. The molecule has 1 aromatic heterocycles. The number of rotatable bonds is 7. The van der Waals surface area contributed by atoms with Crippen molar-refractivity contribution in [3.63, 3.8) is 0 Å². The fourth-order valence-corrected chi connectivity index (χ4v) is 2.60. The van der Waals surface area contributed by atoms with E-state index in [9.17, 15) is 13.2 Å². The lowest BCUT2D eigenvalue weighted by molar-refractivity contribution is -0.141. The largest absolute Gasteiger partial charge is 0.433 e. The number of hydrogen-bond acceptors (Lipinski definition) is 3. The van der Waals surface area contributed by atoms with Crippen LogP contribution >= 0.6 is 0 Å². The van der Waals surface area contributed by atoms with Crippen LogP contribution in [0, 0.1) is 6.92 Å². The van der Waals surface area contributed by atoms with Crippen LogP contribution in [0.3, 0.4) is 0 Å². The molecule has 0 unspecified atom stereocenters. The fourth-order valence-electron chi connectivity index (χ4n) is 2.60. The molecule has 0 spiro atoms. The monoisotopic (exact) mass is 373 g/mol. The van der Waals surface area contributed by atoms with Crippen molar-refractivity contribution in [2.24, 2.45) is 5.10 Å². The zero-order valence-corrected chi connectivity index (χ0v) is 15.4. The number of alkyl halides is 3. The fraction of sp³-hybridized carbons (Fsp3) is 0.238. The van der Waals surface area contributed by atoms with E-state index in [1.807, 2.05) is 31.2 Å². The standard InChI is InChI=1S/C21H22F3N3/c1-5-25-27(6-2)14-16(4)19-12-11-18(26-20(19)21(22,23)24)13-17-9-7-15(3)8-10-17/h5-12H,2,4,13-14H2,1,3H3/b25-5-. The van der Waals surface area contributed by atoms with Crippen molar-refractivity contribution in [3.8, 4) is 0 Å². The third-order valence-electron chi connectivity index (χ3n) is 3.94. The summed E-state index contributed by atoms with van der Waals surface area (Å²) in [6.45, 7) is 11.1. The lowest BCUT2D eigenvalue weighted by Crippen LogP contribution is -2.17. The van der Waals surface area contributed by atoms with E-state index in [1.165, 1.54) is 23.5 Å². The van der Waals surface area contributed by atoms with Crippen molar-refractivity contribution in [1.29, 1.82) is 0 Å². The summed E-state index contributed by atoms with van der Waals surface area (Å²) < 4.78 is 40.7. The normalized spacial score (nSPS) is 11.6. The highest BCUT2D eigenvalue weighted by atomic mass is 19.4. The molecule has 1 aromatic carbocycles. The van der Waals surface area contributed by atoms with E-state index in [2.05, 4.69) is 23.2 Å². The van der Waals surface area contributed by atoms with Crippen molar-refractivity contribution in [2.75, 3.05) is 6.54 Å². The molecule has 0 saturated carbocycles. The Hall–Kier alpha value is -2.89. The van der Waals surface area contributed by atoms with Crippen molar-refractivity contribution in [2.45, 2.75) is 26.4 Å². The number of benzene rings is 1. The highest BCUT2D eigenvalue weighted by molar-refractivity contribution is 5.67. The van der Waals surface area contributed by atoms with Gasteiger partial charge in [-0.15, -0.1) is 0 Å². The van der Waals surface area contributed by atoms with Gasteiger partial charge in [0.2, 0.25) is 0 Å². The van der Waals surface area contributed by atoms with Crippen molar-refractivity contribution >= 4 is 11.8 Å². The summed E-state index contributed by atoms with van der Waals surface area (Å²) in [6.07, 6.45) is -1.29. The number of pyridine rings is 1. The number of hydrazone groups is 1. The first-order valence-corrected chi connectivity index (χ1v) is 8.43. The van der Waals surface area contributed by atoms with Crippen LogP contribution in [0.25, 0.3) is 5.57 Å². The quantitative estimate of drug-likeness (QED) is 0.476. The van der Waals surface area contributed by atoms with Crippen LogP contribution in [0.1, 0.15) is 35.0 Å². The number of nitrogens with zero attached hydrogens (tertiary/aromatic N) is 3. The second-order valence-corrected chi connectivity index (χ2v) is 6.12. The zero-order chi connectivity index (χ0) is 20.0. The average Bonchev–Trinajstić information content (AvgIpc) is 2.62. The van der Waals surface area contributed by atoms with Crippen LogP contribution in [0.4, 0.5) is 13.2 Å². The third kappa shape index (κ3) is 5.54. The first kappa shape index (κ1) is 20.4. The molecule has 0 aliphatic rings. The van der Waals surface area contributed by atoms with E-state index >= 15 is 0 Å². The molecule has 0 bridgehead atoms. The Morgan fingerprint density at radius 2 is 1.85 bits per heavy atom. The van der Waals surface area contributed by atoms with Gasteiger partial charge in [0.1, 0.15) is 0 Å². The van der Waals surface area contributed by atoms with Crippen LogP contribution in [-0.2, 0) is 12.6 Å². The second-order valence-electron chi connectivity index (χ2n) is 6.12. The van der Waals surface area contributed by atoms with E-state index in [0.29, 0.717) is 12.1 Å². The van der Waals surface area contributed by atoms with Gasteiger partial charge in [-0.2, -0.15) is 18.3 Å². The molecule has 2 rings (SSSR count).